The van der Waals surface area contributed by atoms with Crippen LogP contribution in [0.25, 0.3) is 0 Å². The molecule has 0 saturated carbocycles. The van der Waals surface area contributed by atoms with Crippen molar-refractivity contribution < 1.29 is 24.6 Å². The molecule has 1 fully saturated rings. The first-order valence-corrected chi connectivity index (χ1v) is 5.99. The van der Waals surface area contributed by atoms with Crippen LogP contribution in [0.3, 0.4) is 0 Å². The third-order valence-electron chi connectivity index (χ3n) is 3.30. The van der Waals surface area contributed by atoms with Gasteiger partial charge in [-0.25, -0.2) is 0 Å². The minimum Gasteiger partial charge on any atom is -0.481 e. The summed E-state index contributed by atoms with van der Waals surface area (Å²) in [6.07, 6.45) is 1.94. The third-order valence-corrected chi connectivity index (χ3v) is 3.30. The molecule has 19 heavy (non-hydrogen) atoms. The van der Waals surface area contributed by atoms with Gasteiger partial charge in [-0.2, -0.15) is 0 Å². The molecule has 0 aromatic heterocycles. The second kappa shape index (κ2) is 6.33. The van der Waals surface area contributed by atoms with E-state index in [-0.39, 0.29) is 25.4 Å². The molecule has 0 spiro atoms. The Kier molecular flexibility index (Phi) is 5.05. The van der Waals surface area contributed by atoms with E-state index in [1.165, 1.54) is 11.0 Å². The molecule has 1 rings (SSSR count). The lowest BCUT2D eigenvalue weighted by atomic mass is 9.85. The average molecular weight is 270 g/mol. The molecule has 0 aromatic carbocycles. The Morgan fingerprint density at radius 2 is 1.89 bits per heavy atom. The van der Waals surface area contributed by atoms with Crippen LogP contribution >= 0.6 is 0 Å². The monoisotopic (exact) mass is 270 g/mol. The van der Waals surface area contributed by atoms with Crippen molar-refractivity contribution in [3.8, 4) is 0 Å². The molecule has 1 saturated heterocycles. The maximum atomic E-state index is 11.9. The molecule has 3 unspecified atom stereocenters. The Hall–Kier alpha value is -1.89. The lowest BCUT2D eigenvalue weighted by molar-refractivity contribution is -0.159. The molecule has 0 aliphatic carbocycles. The van der Waals surface area contributed by atoms with Crippen LogP contribution in [0.15, 0.2) is 12.7 Å². The van der Waals surface area contributed by atoms with Gasteiger partial charge in [0.25, 0.3) is 0 Å². The van der Waals surface area contributed by atoms with E-state index < -0.39 is 29.8 Å². The fourth-order valence-corrected chi connectivity index (χ4v) is 2.21. The van der Waals surface area contributed by atoms with Gasteiger partial charge in [0.15, 0.2) is 0 Å². The third kappa shape index (κ3) is 3.54. The molecule has 7 nitrogen and oxygen atoms in total. The molecule has 3 atom stereocenters. The van der Waals surface area contributed by atoms with E-state index in [1.807, 2.05) is 0 Å². The predicted molar refractivity (Wildman–Crippen MR) is 66.2 cm³/mol. The summed E-state index contributed by atoms with van der Waals surface area (Å²) in [6.45, 7) is 3.58. The smallest absolute Gasteiger partial charge is 0.309 e. The molecule has 0 radical (unpaired) electrons. The van der Waals surface area contributed by atoms with Gasteiger partial charge >= 0.3 is 11.9 Å². The van der Waals surface area contributed by atoms with E-state index in [2.05, 4.69) is 6.58 Å². The van der Waals surface area contributed by atoms with Crippen LogP contribution in [0.4, 0.5) is 0 Å². The molecular weight excluding hydrogens is 252 g/mol. The highest BCUT2D eigenvalue weighted by Crippen LogP contribution is 2.24. The van der Waals surface area contributed by atoms with Gasteiger partial charge in [0.2, 0.25) is 5.91 Å². The van der Waals surface area contributed by atoms with Crippen LogP contribution in [0, 0.1) is 11.8 Å². The highest BCUT2D eigenvalue weighted by atomic mass is 16.4. The van der Waals surface area contributed by atoms with E-state index in [0.717, 1.165) is 0 Å². The zero-order valence-electron chi connectivity index (χ0n) is 10.5. The number of carboxylic acid groups (broad SMARTS) is 2. The first-order chi connectivity index (χ1) is 8.88. The number of hydrogen-bond donors (Lipinski definition) is 3. The number of carboxylic acids is 2. The van der Waals surface area contributed by atoms with Crippen molar-refractivity contribution in [1.29, 1.82) is 0 Å². The highest BCUT2D eigenvalue weighted by molar-refractivity contribution is 5.85. The number of carbonyl (C=O) groups is 3. The first-order valence-electron chi connectivity index (χ1n) is 5.99. The normalized spacial score (nSPS) is 24.6. The Bertz CT molecular complexity index is 396. The molecule has 106 valence electrons. The summed E-state index contributed by atoms with van der Waals surface area (Å²) in [5.74, 6) is -4.77. The van der Waals surface area contributed by atoms with Gasteiger partial charge in [-0.3, -0.25) is 14.4 Å². The van der Waals surface area contributed by atoms with Gasteiger partial charge in [-0.05, 0) is 12.8 Å². The summed E-state index contributed by atoms with van der Waals surface area (Å²) in [5.41, 5.74) is 5.65. The average Bonchev–Trinajstić information content (AvgIpc) is 2.37. The molecule has 4 N–H and O–H groups in total. The van der Waals surface area contributed by atoms with Crippen molar-refractivity contribution in [2.75, 3.05) is 13.1 Å². The fourth-order valence-electron chi connectivity index (χ4n) is 2.21. The van der Waals surface area contributed by atoms with Crippen molar-refractivity contribution in [2.45, 2.75) is 18.9 Å². The molecule has 0 aromatic rings. The van der Waals surface area contributed by atoms with Crippen LogP contribution in [-0.2, 0) is 14.4 Å². The topological polar surface area (TPSA) is 121 Å². The number of nitrogens with zero attached hydrogens (tertiary/aromatic N) is 1. The standard InChI is InChI=1S/C12H18N2O5/c1-2-3-9(13)10(15)14-5-4-7(11(16)17)8(6-14)12(18)19/h2,7-9H,1,3-6,13H2,(H,16,17)(H,18,19). The van der Waals surface area contributed by atoms with Crippen molar-refractivity contribution >= 4 is 17.8 Å². The summed E-state index contributed by atoms with van der Waals surface area (Å²) in [4.78, 5) is 35.3. The largest absolute Gasteiger partial charge is 0.481 e. The van der Waals surface area contributed by atoms with Crippen LogP contribution < -0.4 is 5.73 Å². The number of carbonyl (C=O) groups excluding carboxylic acids is 1. The van der Waals surface area contributed by atoms with Crippen LogP contribution in [0.5, 0.6) is 0 Å². The van der Waals surface area contributed by atoms with Crippen molar-refractivity contribution in [2.24, 2.45) is 17.6 Å². The Labute approximate surface area is 110 Å². The van der Waals surface area contributed by atoms with Gasteiger partial charge in [-0.1, -0.05) is 6.08 Å². The maximum Gasteiger partial charge on any atom is 0.309 e. The zero-order valence-corrected chi connectivity index (χ0v) is 10.5. The fraction of sp³-hybridized carbons (Fsp3) is 0.583. The number of aliphatic carboxylic acids is 2. The predicted octanol–water partition coefficient (Wildman–Crippen LogP) is -0.476. The number of piperidine rings is 1. The minimum atomic E-state index is -1.21. The van der Waals surface area contributed by atoms with E-state index in [0.29, 0.717) is 6.42 Å². The summed E-state index contributed by atoms with van der Waals surface area (Å²) in [7, 11) is 0. The maximum absolute atomic E-state index is 11.9. The molecule has 1 aliphatic rings. The number of amides is 1. The molecular formula is C12H18N2O5. The summed E-state index contributed by atoms with van der Waals surface area (Å²) < 4.78 is 0. The molecule has 1 heterocycles. The first kappa shape index (κ1) is 15.2. The van der Waals surface area contributed by atoms with E-state index in [4.69, 9.17) is 15.9 Å². The quantitative estimate of drug-likeness (QED) is 0.580. The van der Waals surface area contributed by atoms with E-state index >= 15 is 0 Å². The van der Waals surface area contributed by atoms with E-state index in [9.17, 15) is 14.4 Å². The Morgan fingerprint density at radius 3 is 2.37 bits per heavy atom. The molecule has 1 amide bonds. The molecule has 0 bridgehead atoms. The van der Waals surface area contributed by atoms with Gasteiger partial charge in [-0.15, -0.1) is 6.58 Å². The van der Waals surface area contributed by atoms with Crippen molar-refractivity contribution in [3.63, 3.8) is 0 Å². The van der Waals surface area contributed by atoms with Crippen molar-refractivity contribution in [3.05, 3.63) is 12.7 Å². The van der Waals surface area contributed by atoms with Crippen LogP contribution in [-0.4, -0.2) is 52.1 Å². The molecule has 7 heteroatoms. The lowest BCUT2D eigenvalue weighted by Crippen LogP contribution is -2.52. The van der Waals surface area contributed by atoms with Crippen LogP contribution in [0.2, 0.25) is 0 Å². The Balaban J connectivity index is 2.76. The number of nitrogens with two attached hydrogens (primary N) is 1. The van der Waals surface area contributed by atoms with Crippen molar-refractivity contribution in [1.82, 2.24) is 4.90 Å². The second-order valence-corrected chi connectivity index (χ2v) is 4.59. The van der Waals surface area contributed by atoms with Gasteiger partial charge in [0, 0.05) is 13.1 Å². The minimum absolute atomic E-state index is 0.115. The lowest BCUT2D eigenvalue weighted by Gasteiger charge is -2.35. The number of rotatable bonds is 5. The highest BCUT2D eigenvalue weighted by Gasteiger charge is 2.40. The van der Waals surface area contributed by atoms with E-state index in [1.54, 1.807) is 0 Å². The summed E-state index contributed by atoms with van der Waals surface area (Å²) >= 11 is 0. The van der Waals surface area contributed by atoms with Gasteiger partial charge in [0.05, 0.1) is 17.9 Å². The Morgan fingerprint density at radius 1 is 1.32 bits per heavy atom. The van der Waals surface area contributed by atoms with Gasteiger partial charge in [0.1, 0.15) is 0 Å². The molecule has 1 aliphatic heterocycles. The second-order valence-electron chi connectivity index (χ2n) is 4.59. The number of likely N-dealkylation sites (tertiary alicyclic amines) is 1. The summed E-state index contributed by atoms with van der Waals surface area (Å²) in [5, 5.41) is 18.0. The van der Waals surface area contributed by atoms with Crippen LogP contribution in [0.1, 0.15) is 12.8 Å². The van der Waals surface area contributed by atoms with Gasteiger partial charge < -0.3 is 20.8 Å². The summed E-state index contributed by atoms with van der Waals surface area (Å²) in [6, 6.07) is -0.756. The number of hydrogen-bond acceptors (Lipinski definition) is 4. The zero-order chi connectivity index (χ0) is 14.6. The SMILES string of the molecule is C=CCC(N)C(=O)N1CCC(C(=O)O)C(C(=O)O)C1.